The van der Waals surface area contributed by atoms with E-state index in [1.165, 1.54) is 38.5 Å². The van der Waals surface area contributed by atoms with Gasteiger partial charge in [0.25, 0.3) is 0 Å². The number of nitrogens with one attached hydrogen (secondary N) is 1. The maximum atomic E-state index is 9.41. The fourth-order valence-corrected chi connectivity index (χ4v) is 3.77. The zero-order valence-electron chi connectivity index (χ0n) is 12.5. The van der Waals surface area contributed by atoms with Gasteiger partial charge in [0.1, 0.15) is 5.54 Å². The first-order valence-electron chi connectivity index (χ1n) is 7.92. The van der Waals surface area contributed by atoms with E-state index < -0.39 is 0 Å². The van der Waals surface area contributed by atoms with Crippen LogP contribution in [0.3, 0.4) is 0 Å². The van der Waals surface area contributed by atoms with Gasteiger partial charge in [0, 0.05) is 6.61 Å². The second-order valence-electron chi connectivity index (χ2n) is 6.46. The summed E-state index contributed by atoms with van der Waals surface area (Å²) in [5, 5.41) is 12.7. The van der Waals surface area contributed by atoms with E-state index in [4.69, 9.17) is 4.74 Å². The predicted octanol–water partition coefficient (Wildman–Crippen LogP) is 3.25. The summed E-state index contributed by atoms with van der Waals surface area (Å²) in [5.41, 5.74) is -0.287. The van der Waals surface area contributed by atoms with Crippen molar-refractivity contribution in [2.75, 3.05) is 13.7 Å². The van der Waals surface area contributed by atoms with Gasteiger partial charge in [-0.1, -0.05) is 13.3 Å². The highest BCUT2D eigenvalue weighted by molar-refractivity contribution is 5.13. The largest absolute Gasteiger partial charge is 0.378 e. The standard InChI is InChI=1S/C16H28N2O/c1-13-5-7-15(8-6-13)19-11-9-14-4-3-10-16(14,12-17)18-2/h13-15,18H,3-11H2,1-2H3. The van der Waals surface area contributed by atoms with Gasteiger partial charge in [0.15, 0.2) is 0 Å². The Hall–Kier alpha value is -0.590. The molecule has 2 saturated carbocycles. The van der Waals surface area contributed by atoms with Crippen LogP contribution in [0.2, 0.25) is 0 Å². The smallest absolute Gasteiger partial charge is 0.109 e. The average molecular weight is 264 g/mol. The number of nitriles is 1. The minimum Gasteiger partial charge on any atom is -0.378 e. The number of nitrogens with zero attached hydrogens (tertiary/aromatic N) is 1. The Balaban J connectivity index is 1.72. The van der Waals surface area contributed by atoms with Crippen molar-refractivity contribution in [2.24, 2.45) is 11.8 Å². The molecule has 108 valence electrons. The second kappa shape index (κ2) is 6.72. The van der Waals surface area contributed by atoms with Crippen molar-refractivity contribution >= 4 is 0 Å². The van der Waals surface area contributed by atoms with Crippen LogP contribution in [-0.4, -0.2) is 25.3 Å². The molecule has 2 fully saturated rings. The lowest BCUT2D eigenvalue weighted by molar-refractivity contribution is 0.0108. The van der Waals surface area contributed by atoms with E-state index in [0.717, 1.165) is 25.4 Å². The third-order valence-electron chi connectivity index (χ3n) is 5.25. The van der Waals surface area contributed by atoms with Crippen LogP contribution in [0.15, 0.2) is 0 Å². The summed E-state index contributed by atoms with van der Waals surface area (Å²) in [6, 6.07) is 2.50. The van der Waals surface area contributed by atoms with E-state index in [1.807, 2.05) is 7.05 Å². The van der Waals surface area contributed by atoms with Crippen LogP contribution in [0.4, 0.5) is 0 Å². The fraction of sp³-hybridized carbons (Fsp3) is 0.938. The molecular formula is C16H28N2O. The summed E-state index contributed by atoms with van der Waals surface area (Å²) in [7, 11) is 1.92. The van der Waals surface area contributed by atoms with Crippen LogP contribution in [0.25, 0.3) is 0 Å². The van der Waals surface area contributed by atoms with Crippen LogP contribution in [0, 0.1) is 23.2 Å². The molecule has 1 N–H and O–H groups in total. The highest BCUT2D eigenvalue weighted by Gasteiger charge is 2.41. The monoisotopic (exact) mass is 264 g/mol. The van der Waals surface area contributed by atoms with E-state index in [2.05, 4.69) is 18.3 Å². The summed E-state index contributed by atoms with van der Waals surface area (Å²) in [5.74, 6) is 1.34. The van der Waals surface area contributed by atoms with Crippen molar-refractivity contribution in [1.29, 1.82) is 5.26 Å². The Morgan fingerprint density at radius 2 is 2.00 bits per heavy atom. The summed E-state index contributed by atoms with van der Waals surface area (Å²) < 4.78 is 6.04. The Bertz CT molecular complexity index is 317. The van der Waals surface area contributed by atoms with Crippen LogP contribution in [0.1, 0.15) is 58.3 Å². The molecule has 0 saturated heterocycles. The van der Waals surface area contributed by atoms with Gasteiger partial charge in [-0.3, -0.25) is 0 Å². The second-order valence-corrected chi connectivity index (χ2v) is 6.46. The molecule has 2 unspecified atom stereocenters. The van der Waals surface area contributed by atoms with Crippen molar-refractivity contribution in [2.45, 2.75) is 69.9 Å². The molecule has 0 heterocycles. The first-order valence-corrected chi connectivity index (χ1v) is 7.92. The van der Waals surface area contributed by atoms with Gasteiger partial charge in [0.2, 0.25) is 0 Å². The molecule has 0 aromatic carbocycles. The molecule has 0 bridgehead atoms. The molecule has 0 spiro atoms. The van der Waals surface area contributed by atoms with Gasteiger partial charge < -0.3 is 10.1 Å². The van der Waals surface area contributed by atoms with E-state index in [9.17, 15) is 5.26 Å². The normalized spacial score (nSPS) is 39.1. The van der Waals surface area contributed by atoms with E-state index >= 15 is 0 Å². The maximum absolute atomic E-state index is 9.41. The molecule has 0 amide bonds. The Labute approximate surface area is 117 Å². The van der Waals surface area contributed by atoms with Crippen LogP contribution >= 0.6 is 0 Å². The van der Waals surface area contributed by atoms with Gasteiger partial charge in [-0.05, 0) is 63.8 Å². The Kier molecular flexibility index (Phi) is 5.24. The Morgan fingerprint density at radius 3 is 2.63 bits per heavy atom. The molecule has 2 aliphatic rings. The number of rotatable bonds is 5. The molecular weight excluding hydrogens is 236 g/mol. The summed E-state index contributed by atoms with van der Waals surface area (Å²) >= 11 is 0. The summed E-state index contributed by atoms with van der Waals surface area (Å²) in [4.78, 5) is 0. The zero-order chi connectivity index (χ0) is 13.7. The van der Waals surface area contributed by atoms with Crippen molar-refractivity contribution in [3.05, 3.63) is 0 Å². The van der Waals surface area contributed by atoms with Gasteiger partial charge in [-0.2, -0.15) is 5.26 Å². The van der Waals surface area contributed by atoms with Gasteiger partial charge in [-0.25, -0.2) is 0 Å². The van der Waals surface area contributed by atoms with Crippen LogP contribution < -0.4 is 5.32 Å². The SMILES string of the molecule is CNC1(C#N)CCCC1CCOC1CCC(C)CC1. The quantitative estimate of drug-likeness (QED) is 0.829. The first-order chi connectivity index (χ1) is 9.20. The molecule has 0 radical (unpaired) electrons. The molecule has 2 aliphatic carbocycles. The van der Waals surface area contributed by atoms with Crippen molar-refractivity contribution < 1.29 is 4.74 Å². The topological polar surface area (TPSA) is 45.0 Å². The van der Waals surface area contributed by atoms with E-state index in [1.54, 1.807) is 0 Å². The molecule has 2 rings (SSSR count). The van der Waals surface area contributed by atoms with Crippen molar-refractivity contribution in [1.82, 2.24) is 5.32 Å². The van der Waals surface area contributed by atoms with Crippen LogP contribution in [0.5, 0.6) is 0 Å². The summed E-state index contributed by atoms with van der Waals surface area (Å²) in [6.07, 6.45) is 9.90. The minimum atomic E-state index is -0.287. The average Bonchev–Trinajstić information content (AvgIpc) is 2.84. The minimum absolute atomic E-state index is 0.287. The van der Waals surface area contributed by atoms with Gasteiger partial charge in [-0.15, -0.1) is 0 Å². The number of hydrogen-bond acceptors (Lipinski definition) is 3. The lowest BCUT2D eigenvalue weighted by atomic mass is 9.86. The highest BCUT2D eigenvalue weighted by atomic mass is 16.5. The van der Waals surface area contributed by atoms with Crippen LogP contribution in [-0.2, 0) is 4.74 Å². The number of ether oxygens (including phenoxy) is 1. The number of hydrogen-bond donors (Lipinski definition) is 1. The lowest BCUT2D eigenvalue weighted by Gasteiger charge is -2.30. The molecule has 3 nitrogen and oxygen atoms in total. The summed E-state index contributed by atoms with van der Waals surface area (Å²) in [6.45, 7) is 3.16. The third-order valence-corrected chi connectivity index (χ3v) is 5.25. The highest BCUT2D eigenvalue weighted by Crippen LogP contribution is 2.37. The van der Waals surface area contributed by atoms with Gasteiger partial charge in [0.05, 0.1) is 12.2 Å². The lowest BCUT2D eigenvalue weighted by Crippen LogP contribution is -2.45. The molecule has 0 aromatic rings. The predicted molar refractivity (Wildman–Crippen MR) is 76.7 cm³/mol. The first kappa shape index (κ1) is 14.8. The van der Waals surface area contributed by atoms with Crippen molar-refractivity contribution in [3.8, 4) is 6.07 Å². The molecule has 0 aliphatic heterocycles. The molecule has 3 heteroatoms. The molecule has 0 aromatic heterocycles. The van der Waals surface area contributed by atoms with Crippen molar-refractivity contribution in [3.63, 3.8) is 0 Å². The zero-order valence-corrected chi connectivity index (χ0v) is 12.5. The molecule has 2 atom stereocenters. The van der Waals surface area contributed by atoms with E-state index in [-0.39, 0.29) is 5.54 Å². The fourth-order valence-electron chi connectivity index (χ4n) is 3.77. The molecule has 19 heavy (non-hydrogen) atoms. The third kappa shape index (κ3) is 3.49. The Morgan fingerprint density at radius 1 is 1.26 bits per heavy atom. The maximum Gasteiger partial charge on any atom is 0.109 e. The van der Waals surface area contributed by atoms with Gasteiger partial charge >= 0.3 is 0 Å². The van der Waals surface area contributed by atoms with E-state index in [0.29, 0.717) is 12.0 Å².